The van der Waals surface area contributed by atoms with Gasteiger partial charge in [-0.25, -0.2) is 4.99 Å². The van der Waals surface area contributed by atoms with E-state index in [0.29, 0.717) is 17.2 Å². The molecule has 0 saturated carbocycles. The second kappa shape index (κ2) is 3.16. The van der Waals surface area contributed by atoms with E-state index in [-0.39, 0.29) is 11.8 Å². The van der Waals surface area contributed by atoms with Gasteiger partial charge in [-0.2, -0.15) is 10.1 Å². The van der Waals surface area contributed by atoms with Crippen LogP contribution in [0.2, 0.25) is 0 Å². The van der Waals surface area contributed by atoms with E-state index in [2.05, 4.69) is 25.5 Å². The molecule has 6 heteroatoms. The third-order valence-corrected chi connectivity index (χ3v) is 2.67. The lowest BCUT2D eigenvalue weighted by atomic mass is 10.1. The SMILES string of the molecule is O=C1N=C(C2CCNC2)N=C2N=NC=C12. The Bertz CT molecular complexity index is 439. The average molecular weight is 203 g/mol. The van der Waals surface area contributed by atoms with Crippen LogP contribution in [0.25, 0.3) is 0 Å². The first kappa shape index (κ1) is 8.60. The van der Waals surface area contributed by atoms with Gasteiger partial charge in [-0.15, -0.1) is 5.11 Å². The van der Waals surface area contributed by atoms with Crippen LogP contribution in [0.3, 0.4) is 0 Å². The van der Waals surface area contributed by atoms with E-state index >= 15 is 0 Å². The number of fused-ring (bicyclic) bond motifs is 1. The second-order valence-electron chi connectivity index (χ2n) is 3.66. The van der Waals surface area contributed by atoms with E-state index in [4.69, 9.17) is 0 Å². The minimum absolute atomic E-state index is 0.235. The number of rotatable bonds is 1. The first-order valence-corrected chi connectivity index (χ1v) is 4.88. The molecule has 76 valence electrons. The van der Waals surface area contributed by atoms with Crippen molar-refractivity contribution in [1.29, 1.82) is 0 Å². The van der Waals surface area contributed by atoms with Gasteiger partial charge >= 0.3 is 0 Å². The van der Waals surface area contributed by atoms with Gasteiger partial charge in [0, 0.05) is 12.5 Å². The van der Waals surface area contributed by atoms with Crippen molar-refractivity contribution in [2.24, 2.45) is 26.1 Å². The quantitative estimate of drug-likeness (QED) is 0.664. The Kier molecular flexibility index (Phi) is 1.81. The number of carbonyl (C=O) groups excluding carboxylic acids is 1. The zero-order valence-electron chi connectivity index (χ0n) is 7.97. The van der Waals surface area contributed by atoms with E-state index in [1.807, 2.05) is 0 Å². The van der Waals surface area contributed by atoms with Crippen LogP contribution >= 0.6 is 0 Å². The third-order valence-electron chi connectivity index (χ3n) is 2.67. The van der Waals surface area contributed by atoms with Crippen LogP contribution < -0.4 is 5.32 Å². The fourth-order valence-electron chi connectivity index (χ4n) is 1.84. The molecule has 3 aliphatic rings. The maximum atomic E-state index is 11.6. The van der Waals surface area contributed by atoms with Crippen LogP contribution in [0.5, 0.6) is 0 Å². The van der Waals surface area contributed by atoms with E-state index in [1.54, 1.807) is 0 Å². The maximum absolute atomic E-state index is 11.6. The van der Waals surface area contributed by atoms with Crippen LogP contribution in [0, 0.1) is 5.92 Å². The second-order valence-corrected chi connectivity index (χ2v) is 3.66. The third kappa shape index (κ3) is 1.33. The molecule has 0 spiro atoms. The molecular weight excluding hydrogens is 194 g/mol. The van der Waals surface area contributed by atoms with Gasteiger partial charge in [-0.05, 0) is 13.0 Å². The van der Waals surface area contributed by atoms with Crippen LogP contribution in [-0.2, 0) is 4.79 Å². The fraction of sp³-hybridized carbons (Fsp3) is 0.444. The molecule has 1 N–H and O–H groups in total. The van der Waals surface area contributed by atoms with Crippen LogP contribution in [0.4, 0.5) is 0 Å². The van der Waals surface area contributed by atoms with Crippen molar-refractivity contribution in [2.75, 3.05) is 13.1 Å². The summed E-state index contributed by atoms with van der Waals surface area (Å²) in [6.45, 7) is 1.78. The van der Waals surface area contributed by atoms with Crippen LogP contribution in [0.1, 0.15) is 6.42 Å². The number of aliphatic imine (C=N–C) groups is 2. The molecule has 0 aromatic rings. The molecule has 1 unspecified atom stereocenters. The van der Waals surface area contributed by atoms with Crippen molar-refractivity contribution in [3.8, 4) is 0 Å². The van der Waals surface area contributed by atoms with Crippen LogP contribution in [-0.4, -0.2) is 30.7 Å². The number of nitrogens with zero attached hydrogens (tertiary/aromatic N) is 4. The summed E-state index contributed by atoms with van der Waals surface area (Å²) in [5.74, 6) is 0.973. The van der Waals surface area contributed by atoms with E-state index < -0.39 is 0 Å². The van der Waals surface area contributed by atoms with E-state index in [9.17, 15) is 4.79 Å². The summed E-state index contributed by atoms with van der Waals surface area (Å²) in [5.41, 5.74) is 0.407. The van der Waals surface area contributed by atoms with Gasteiger partial charge < -0.3 is 5.32 Å². The zero-order chi connectivity index (χ0) is 10.3. The van der Waals surface area contributed by atoms with Gasteiger partial charge in [0.25, 0.3) is 5.91 Å². The highest BCUT2D eigenvalue weighted by molar-refractivity contribution is 6.29. The Morgan fingerprint density at radius 2 is 2.33 bits per heavy atom. The number of hydrogen-bond acceptors (Lipinski definition) is 5. The number of amides is 1. The zero-order valence-corrected chi connectivity index (χ0v) is 7.97. The van der Waals surface area contributed by atoms with E-state index in [0.717, 1.165) is 19.5 Å². The lowest BCUT2D eigenvalue weighted by Gasteiger charge is -2.11. The molecule has 1 amide bonds. The predicted octanol–water partition coefficient (Wildman–Crippen LogP) is 0.283. The monoisotopic (exact) mass is 203 g/mol. The number of azo groups is 1. The maximum Gasteiger partial charge on any atom is 0.284 e. The molecular formula is C9H9N5O. The van der Waals surface area contributed by atoms with Gasteiger partial charge in [-0.1, -0.05) is 0 Å². The summed E-state index contributed by atoms with van der Waals surface area (Å²) in [6, 6.07) is 0. The molecule has 6 nitrogen and oxygen atoms in total. The highest BCUT2D eigenvalue weighted by Gasteiger charge is 2.29. The molecule has 1 atom stereocenters. The lowest BCUT2D eigenvalue weighted by Crippen LogP contribution is -2.24. The fourth-order valence-corrected chi connectivity index (χ4v) is 1.84. The lowest BCUT2D eigenvalue weighted by molar-refractivity contribution is -0.113. The van der Waals surface area contributed by atoms with Gasteiger partial charge in [0.2, 0.25) is 0 Å². The minimum atomic E-state index is -0.271. The van der Waals surface area contributed by atoms with Crippen molar-refractivity contribution < 1.29 is 4.79 Å². The minimum Gasteiger partial charge on any atom is -0.316 e. The Hall–Kier alpha value is -1.69. The summed E-state index contributed by atoms with van der Waals surface area (Å²) in [4.78, 5) is 19.8. The smallest absolute Gasteiger partial charge is 0.284 e. The number of nitrogens with one attached hydrogen (secondary N) is 1. The first-order valence-electron chi connectivity index (χ1n) is 4.88. The average Bonchev–Trinajstić information content (AvgIpc) is 2.88. The molecule has 3 aliphatic heterocycles. The first-order chi connectivity index (χ1) is 7.34. The molecule has 0 bridgehead atoms. The van der Waals surface area contributed by atoms with Crippen molar-refractivity contribution in [1.82, 2.24) is 5.32 Å². The number of hydrogen-bond donors (Lipinski definition) is 1. The van der Waals surface area contributed by atoms with Gasteiger partial charge in [0.1, 0.15) is 11.4 Å². The number of carbonyl (C=O) groups is 1. The van der Waals surface area contributed by atoms with E-state index in [1.165, 1.54) is 6.20 Å². The Morgan fingerprint density at radius 3 is 3.13 bits per heavy atom. The van der Waals surface area contributed by atoms with Crippen molar-refractivity contribution in [3.05, 3.63) is 11.8 Å². The summed E-state index contributed by atoms with van der Waals surface area (Å²) in [6.07, 6.45) is 2.38. The highest BCUT2D eigenvalue weighted by Crippen LogP contribution is 2.20. The highest BCUT2D eigenvalue weighted by atomic mass is 16.1. The van der Waals surface area contributed by atoms with Crippen molar-refractivity contribution >= 4 is 17.6 Å². The summed E-state index contributed by atoms with van der Waals surface area (Å²) in [5, 5.41) is 10.7. The summed E-state index contributed by atoms with van der Waals surface area (Å²) >= 11 is 0. The molecule has 0 aromatic heterocycles. The normalized spacial score (nSPS) is 28.7. The molecule has 1 fully saturated rings. The Balaban J connectivity index is 1.94. The molecule has 3 rings (SSSR count). The molecule has 0 aliphatic carbocycles. The summed E-state index contributed by atoms with van der Waals surface area (Å²) < 4.78 is 0. The Labute approximate surface area is 85.9 Å². The van der Waals surface area contributed by atoms with Gasteiger partial charge in [0.05, 0.1) is 6.20 Å². The molecule has 15 heavy (non-hydrogen) atoms. The van der Waals surface area contributed by atoms with Crippen LogP contribution in [0.15, 0.2) is 32.0 Å². The molecule has 1 saturated heterocycles. The standard InChI is InChI=1S/C9H9N5O/c15-9-6-4-11-14-8(6)12-7(13-9)5-1-2-10-3-5/h4-5,10H,1-3H2. The largest absolute Gasteiger partial charge is 0.316 e. The Morgan fingerprint density at radius 1 is 1.40 bits per heavy atom. The number of amidine groups is 2. The molecule has 0 radical (unpaired) electrons. The van der Waals surface area contributed by atoms with Crippen molar-refractivity contribution in [2.45, 2.75) is 6.42 Å². The van der Waals surface area contributed by atoms with Gasteiger partial charge in [0.15, 0.2) is 5.84 Å². The molecule has 0 aromatic carbocycles. The van der Waals surface area contributed by atoms with Crippen molar-refractivity contribution in [3.63, 3.8) is 0 Å². The molecule has 3 heterocycles. The predicted molar refractivity (Wildman–Crippen MR) is 53.8 cm³/mol. The summed E-state index contributed by atoms with van der Waals surface area (Å²) in [7, 11) is 0. The topological polar surface area (TPSA) is 78.5 Å². The van der Waals surface area contributed by atoms with Gasteiger partial charge in [-0.3, -0.25) is 4.79 Å².